The fourth-order valence-electron chi connectivity index (χ4n) is 9.16. The summed E-state index contributed by atoms with van der Waals surface area (Å²) < 4.78 is 0. The number of carbonyl (C=O) groups excluding carboxylic acids is 2. The Morgan fingerprint density at radius 3 is 2.32 bits per heavy atom. The number of ketones is 2. The van der Waals surface area contributed by atoms with Crippen molar-refractivity contribution in [1.82, 2.24) is 0 Å². The van der Waals surface area contributed by atoms with Crippen molar-refractivity contribution in [3.63, 3.8) is 0 Å². The Bertz CT molecular complexity index is 1090. The van der Waals surface area contributed by atoms with Gasteiger partial charge in [0.1, 0.15) is 5.78 Å². The molecule has 0 aromatic carbocycles. The maximum Gasteiger partial charge on any atom is 0.331 e. The highest BCUT2D eigenvalue weighted by Crippen LogP contribution is 2.71. The van der Waals surface area contributed by atoms with E-state index in [1.807, 2.05) is 34.6 Å². The van der Waals surface area contributed by atoms with E-state index in [0.717, 1.165) is 0 Å². The van der Waals surface area contributed by atoms with Crippen LogP contribution >= 0.6 is 0 Å². The normalized spacial score (nSPS) is 43.1. The molecule has 0 heterocycles. The zero-order chi connectivity index (χ0) is 27.9. The van der Waals surface area contributed by atoms with Gasteiger partial charge >= 0.3 is 5.97 Å². The van der Waals surface area contributed by atoms with Crippen LogP contribution in [0.15, 0.2) is 22.8 Å². The number of allylic oxidation sites excluding steroid dienone is 1. The summed E-state index contributed by atoms with van der Waals surface area (Å²) in [6.07, 6.45) is 1.04. The quantitative estimate of drug-likeness (QED) is 0.408. The molecule has 0 spiro atoms. The molecule has 0 aromatic heterocycles. The number of carbonyl (C=O) groups is 3. The van der Waals surface area contributed by atoms with Crippen molar-refractivity contribution < 1.29 is 34.8 Å². The number of aliphatic hydroxyl groups is 3. The number of carboxylic acid groups (broad SMARTS) is 1. The summed E-state index contributed by atoms with van der Waals surface area (Å²) in [6, 6.07) is 0. The van der Waals surface area contributed by atoms with Crippen LogP contribution in [0, 0.1) is 39.4 Å². The van der Waals surface area contributed by atoms with Gasteiger partial charge in [0.2, 0.25) is 0 Å². The molecule has 4 N–H and O–H groups in total. The van der Waals surface area contributed by atoms with E-state index >= 15 is 0 Å². The lowest BCUT2D eigenvalue weighted by atomic mass is 9.42. The molecule has 0 radical (unpaired) electrons. The van der Waals surface area contributed by atoms with Crippen molar-refractivity contribution in [3.8, 4) is 0 Å². The molecular weight excluding hydrogens is 472 g/mol. The largest absolute Gasteiger partial charge is 0.478 e. The standard InChI is InChI=1S/C30H44O7/c1-15(10-17(31)11-16(2)26(36)37)18-12-23(35)30(7)25-19(32)13-21-27(3,4)22(34)8-9-28(21,5)24(25)20(33)14-29(18,30)6/h11,15,17-19,21,23,31-32,35H,8-10,12-14H2,1-7H3,(H,36,37)/b16-11+/t15-,17-,18-,19-,21+,23+,28+,29-,30+/m1/s1. The molecule has 0 bridgehead atoms. The summed E-state index contributed by atoms with van der Waals surface area (Å²) in [5.41, 5.74) is -1.26. The van der Waals surface area contributed by atoms with Crippen LogP contribution in [0.2, 0.25) is 0 Å². The smallest absolute Gasteiger partial charge is 0.331 e. The lowest BCUT2D eigenvalue weighted by molar-refractivity contribution is -0.146. The van der Waals surface area contributed by atoms with Crippen molar-refractivity contribution in [3.05, 3.63) is 22.8 Å². The number of carboxylic acids is 1. The molecule has 7 nitrogen and oxygen atoms in total. The molecule has 0 aromatic rings. The highest BCUT2D eigenvalue weighted by atomic mass is 16.4. The molecule has 7 heteroatoms. The van der Waals surface area contributed by atoms with E-state index in [1.54, 1.807) is 0 Å². The van der Waals surface area contributed by atoms with Crippen molar-refractivity contribution in [1.29, 1.82) is 0 Å². The van der Waals surface area contributed by atoms with Crippen LogP contribution in [-0.2, 0) is 14.4 Å². The second-order valence-corrected chi connectivity index (χ2v) is 13.7. The number of aliphatic carboxylic acids is 1. The van der Waals surface area contributed by atoms with Gasteiger partial charge in [0, 0.05) is 40.2 Å². The maximum atomic E-state index is 14.1. The van der Waals surface area contributed by atoms with E-state index in [9.17, 15) is 29.7 Å². The third-order valence-electron chi connectivity index (χ3n) is 11.5. The molecule has 0 aliphatic heterocycles. The van der Waals surface area contributed by atoms with Crippen LogP contribution in [0.5, 0.6) is 0 Å². The number of Topliss-reactive ketones (excluding diaryl/α,β-unsaturated/α-hetero) is 2. The van der Waals surface area contributed by atoms with Crippen molar-refractivity contribution in [2.24, 2.45) is 39.4 Å². The molecule has 2 fully saturated rings. The Balaban J connectivity index is 1.77. The molecule has 0 amide bonds. The van der Waals surface area contributed by atoms with Crippen molar-refractivity contribution >= 4 is 17.5 Å². The number of hydrogen-bond acceptors (Lipinski definition) is 6. The zero-order valence-electron chi connectivity index (χ0n) is 23.3. The van der Waals surface area contributed by atoms with Gasteiger partial charge in [0.25, 0.3) is 0 Å². The van der Waals surface area contributed by atoms with Gasteiger partial charge in [0.15, 0.2) is 5.78 Å². The molecular formula is C30H44O7. The minimum Gasteiger partial charge on any atom is -0.478 e. The first-order chi connectivity index (χ1) is 16.9. The fraction of sp³-hybridized carbons (Fsp3) is 0.767. The summed E-state index contributed by atoms with van der Waals surface area (Å²) in [5.74, 6) is -1.27. The zero-order valence-corrected chi connectivity index (χ0v) is 23.3. The monoisotopic (exact) mass is 516 g/mol. The van der Waals surface area contributed by atoms with E-state index in [4.69, 9.17) is 5.11 Å². The summed E-state index contributed by atoms with van der Waals surface area (Å²) in [4.78, 5) is 38.1. The molecule has 9 atom stereocenters. The second kappa shape index (κ2) is 8.85. The molecule has 4 aliphatic carbocycles. The second-order valence-electron chi connectivity index (χ2n) is 13.7. The predicted molar refractivity (Wildman–Crippen MR) is 138 cm³/mol. The van der Waals surface area contributed by atoms with Crippen LogP contribution < -0.4 is 0 Å². The number of fused-ring (bicyclic) bond motifs is 4. The van der Waals surface area contributed by atoms with Crippen LogP contribution in [0.4, 0.5) is 0 Å². The fourth-order valence-corrected chi connectivity index (χ4v) is 9.16. The van der Waals surface area contributed by atoms with E-state index in [2.05, 4.69) is 6.92 Å². The van der Waals surface area contributed by atoms with Crippen LogP contribution in [0.3, 0.4) is 0 Å². The molecule has 2 saturated carbocycles. The minimum atomic E-state index is -1.08. The van der Waals surface area contributed by atoms with Crippen LogP contribution in [0.1, 0.15) is 87.0 Å². The van der Waals surface area contributed by atoms with Gasteiger partial charge in [-0.3, -0.25) is 9.59 Å². The highest BCUT2D eigenvalue weighted by Gasteiger charge is 2.70. The first-order valence-corrected chi connectivity index (χ1v) is 13.7. The molecule has 37 heavy (non-hydrogen) atoms. The van der Waals surface area contributed by atoms with E-state index in [0.29, 0.717) is 43.3 Å². The van der Waals surface area contributed by atoms with Gasteiger partial charge in [-0.25, -0.2) is 4.79 Å². The summed E-state index contributed by atoms with van der Waals surface area (Å²) in [6.45, 7) is 13.4. The Hall–Kier alpha value is -1.83. The first-order valence-electron chi connectivity index (χ1n) is 13.7. The summed E-state index contributed by atoms with van der Waals surface area (Å²) in [5, 5.41) is 43.0. The van der Waals surface area contributed by atoms with Crippen molar-refractivity contribution in [2.75, 3.05) is 0 Å². The lowest BCUT2D eigenvalue weighted by Crippen LogP contribution is -2.60. The predicted octanol–water partition coefficient (Wildman–Crippen LogP) is 3.84. The molecule has 206 valence electrons. The third-order valence-corrected chi connectivity index (χ3v) is 11.5. The number of rotatable bonds is 5. The highest BCUT2D eigenvalue weighted by molar-refractivity contribution is 6.01. The van der Waals surface area contributed by atoms with Gasteiger partial charge in [-0.1, -0.05) is 41.5 Å². The van der Waals surface area contributed by atoms with Gasteiger partial charge in [0.05, 0.1) is 18.3 Å². The number of hydrogen-bond donors (Lipinski definition) is 4. The van der Waals surface area contributed by atoms with Crippen LogP contribution in [0.25, 0.3) is 0 Å². The Kier molecular flexibility index (Phi) is 6.74. The molecule has 0 saturated heterocycles. The SMILES string of the molecule is C/C(=C\[C@H](O)C[C@@H](C)[C@H]1C[C@H](O)[C@@]2(C)C3=C(C(=O)C[C@]12C)[C@@]1(C)CCC(=O)C(C)(C)[C@@H]1C[C@H]3O)C(=O)O. The van der Waals surface area contributed by atoms with Gasteiger partial charge in [-0.2, -0.15) is 0 Å². The molecule has 4 rings (SSSR count). The Morgan fingerprint density at radius 2 is 1.73 bits per heavy atom. The summed E-state index contributed by atoms with van der Waals surface area (Å²) in [7, 11) is 0. The average Bonchev–Trinajstić information content (AvgIpc) is 2.99. The number of aliphatic hydroxyl groups excluding tert-OH is 3. The van der Waals surface area contributed by atoms with Crippen molar-refractivity contribution in [2.45, 2.75) is 105 Å². The van der Waals surface area contributed by atoms with E-state index in [-0.39, 0.29) is 41.3 Å². The Morgan fingerprint density at radius 1 is 1.11 bits per heavy atom. The van der Waals surface area contributed by atoms with Crippen LogP contribution in [-0.4, -0.2) is 56.3 Å². The topological polar surface area (TPSA) is 132 Å². The van der Waals surface area contributed by atoms with Gasteiger partial charge in [-0.05, 0) is 67.4 Å². The van der Waals surface area contributed by atoms with Gasteiger partial charge in [-0.15, -0.1) is 0 Å². The van der Waals surface area contributed by atoms with Gasteiger partial charge < -0.3 is 20.4 Å². The molecule has 0 unspecified atom stereocenters. The minimum absolute atomic E-state index is 0.000148. The summed E-state index contributed by atoms with van der Waals surface area (Å²) >= 11 is 0. The maximum absolute atomic E-state index is 14.1. The average molecular weight is 517 g/mol. The first kappa shape index (κ1) is 28.2. The molecule has 4 aliphatic rings. The van der Waals surface area contributed by atoms with E-state index in [1.165, 1.54) is 13.0 Å². The third kappa shape index (κ3) is 3.82. The lowest BCUT2D eigenvalue weighted by Gasteiger charge is -2.61. The van der Waals surface area contributed by atoms with E-state index < -0.39 is 45.9 Å². The Labute approximate surface area is 220 Å².